The van der Waals surface area contributed by atoms with Gasteiger partial charge in [0.2, 0.25) is 0 Å². The van der Waals surface area contributed by atoms with Crippen molar-refractivity contribution in [3.8, 4) is 0 Å². The van der Waals surface area contributed by atoms with Gasteiger partial charge in [-0.25, -0.2) is 0 Å². The van der Waals surface area contributed by atoms with Crippen molar-refractivity contribution in [3.05, 3.63) is 35.4 Å². The van der Waals surface area contributed by atoms with Gasteiger partial charge in [-0.1, -0.05) is 43.5 Å². The molecule has 2 saturated carbocycles. The lowest BCUT2D eigenvalue weighted by molar-refractivity contribution is 0.299. The summed E-state index contributed by atoms with van der Waals surface area (Å²) >= 11 is 0. The van der Waals surface area contributed by atoms with Crippen LogP contribution in [-0.4, -0.2) is 30.5 Å². The van der Waals surface area contributed by atoms with E-state index in [1.807, 2.05) is 0 Å². The number of hydrogen-bond donors (Lipinski definition) is 1. The van der Waals surface area contributed by atoms with Gasteiger partial charge in [0.05, 0.1) is 6.54 Å². The Hall–Kier alpha value is -0.780. The highest BCUT2D eigenvalue weighted by Gasteiger charge is 2.35. The first-order valence-corrected chi connectivity index (χ1v) is 8.71. The summed E-state index contributed by atoms with van der Waals surface area (Å²) in [6, 6.07) is 9.46. The van der Waals surface area contributed by atoms with Crippen LogP contribution in [0.4, 0.5) is 0 Å². The van der Waals surface area contributed by atoms with E-state index in [1.165, 1.54) is 56.1 Å². The highest BCUT2D eigenvalue weighted by Crippen LogP contribution is 2.41. The summed E-state index contributed by atoms with van der Waals surface area (Å²) in [5.74, 6) is 0.723. The van der Waals surface area contributed by atoms with Crippen LogP contribution in [0.15, 0.2) is 29.3 Å². The van der Waals surface area contributed by atoms with Crippen molar-refractivity contribution in [2.75, 3.05) is 13.6 Å². The third-order valence-electron chi connectivity index (χ3n) is 5.53. The second-order valence-electron chi connectivity index (χ2n) is 7.17. The number of hydrogen-bond acceptors (Lipinski definition) is 1. The molecule has 1 aromatic rings. The first kappa shape index (κ1) is 18.6. The minimum absolute atomic E-state index is 0. The number of rotatable bonds is 4. The van der Waals surface area contributed by atoms with Crippen LogP contribution in [0.1, 0.15) is 56.1 Å². The van der Waals surface area contributed by atoms with Gasteiger partial charge in [-0.3, -0.25) is 4.99 Å². The molecule has 2 aliphatic rings. The Balaban J connectivity index is 0.00000192. The van der Waals surface area contributed by atoms with Crippen molar-refractivity contribution in [1.82, 2.24) is 4.90 Å². The van der Waals surface area contributed by atoms with Gasteiger partial charge in [0, 0.05) is 18.5 Å². The van der Waals surface area contributed by atoms with Crippen molar-refractivity contribution in [3.63, 3.8) is 0 Å². The molecule has 0 radical (unpaired) electrons. The van der Waals surface area contributed by atoms with Crippen LogP contribution >= 0.6 is 24.0 Å². The molecule has 2 fully saturated rings. The van der Waals surface area contributed by atoms with Crippen LogP contribution in [0.3, 0.4) is 0 Å². The summed E-state index contributed by atoms with van der Waals surface area (Å²) < 4.78 is 0. The van der Waals surface area contributed by atoms with Crippen molar-refractivity contribution in [2.45, 2.75) is 63.3 Å². The first-order valence-electron chi connectivity index (χ1n) is 8.71. The highest BCUT2D eigenvalue weighted by atomic mass is 127. The van der Waals surface area contributed by atoms with E-state index in [4.69, 9.17) is 10.7 Å². The van der Waals surface area contributed by atoms with Crippen LogP contribution in [0.25, 0.3) is 0 Å². The van der Waals surface area contributed by atoms with Gasteiger partial charge in [0.15, 0.2) is 5.96 Å². The maximum atomic E-state index is 6.23. The Labute approximate surface area is 157 Å². The summed E-state index contributed by atoms with van der Waals surface area (Å²) in [5, 5.41) is 0. The van der Waals surface area contributed by atoms with E-state index in [1.54, 1.807) is 0 Å². The zero-order chi connectivity index (χ0) is 15.6. The number of benzene rings is 1. The zero-order valence-electron chi connectivity index (χ0n) is 14.4. The van der Waals surface area contributed by atoms with Crippen LogP contribution < -0.4 is 5.73 Å². The zero-order valence-corrected chi connectivity index (χ0v) is 16.8. The monoisotopic (exact) mass is 427 g/mol. The minimum atomic E-state index is 0. The molecule has 128 valence electrons. The Kier molecular flexibility index (Phi) is 6.34. The molecule has 2 N–H and O–H groups in total. The lowest BCUT2D eigenvalue weighted by Gasteiger charge is -2.38. The summed E-state index contributed by atoms with van der Waals surface area (Å²) in [6.07, 6.45) is 8.97. The summed E-state index contributed by atoms with van der Waals surface area (Å²) in [7, 11) is 2.08. The van der Waals surface area contributed by atoms with E-state index >= 15 is 0 Å². The summed E-state index contributed by atoms with van der Waals surface area (Å²) in [4.78, 5) is 6.98. The smallest absolute Gasteiger partial charge is 0.191 e. The second kappa shape index (κ2) is 7.86. The van der Waals surface area contributed by atoms with E-state index < -0.39 is 0 Å². The van der Waals surface area contributed by atoms with Crippen LogP contribution in [0, 0.1) is 6.92 Å². The molecule has 0 saturated heterocycles. The molecular formula is C19H30IN3. The van der Waals surface area contributed by atoms with Crippen LogP contribution in [0.2, 0.25) is 0 Å². The fourth-order valence-electron chi connectivity index (χ4n) is 3.90. The van der Waals surface area contributed by atoms with Gasteiger partial charge < -0.3 is 10.6 Å². The fourth-order valence-corrected chi connectivity index (χ4v) is 3.90. The number of nitrogens with zero attached hydrogens (tertiary/aromatic N) is 2. The molecule has 0 heterocycles. The maximum Gasteiger partial charge on any atom is 0.191 e. The van der Waals surface area contributed by atoms with Gasteiger partial charge in [0.1, 0.15) is 0 Å². The molecular weight excluding hydrogens is 397 g/mol. The van der Waals surface area contributed by atoms with E-state index in [9.17, 15) is 0 Å². The minimum Gasteiger partial charge on any atom is -0.370 e. The first-order chi connectivity index (χ1) is 10.6. The highest BCUT2D eigenvalue weighted by molar-refractivity contribution is 14.0. The molecule has 4 heteroatoms. The molecule has 1 aromatic carbocycles. The number of aliphatic imine (C=N–C) groups is 1. The standard InChI is InChI=1S/C19H29N3.HI/c1-15-8-4-5-9-17(15)19(12-6-3-7-13-19)14-21-18(20)22(2)16-10-11-16;/h4-5,8-9,16H,3,6-7,10-14H2,1-2H3,(H2,20,21);1H. The average molecular weight is 427 g/mol. The van der Waals surface area contributed by atoms with Crippen molar-refractivity contribution in [2.24, 2.45) is 10.7 Å². The van der Waals surface area contributed by atoms with Gasteiger partial charge in [-0.15, -0.1) is 24.0 Å². The molecule has 0 aliphatic heterocycles. The Morgan fingerprint density at radius 3 is 2.48 bits per heavy atom. The molecule has 0 unspecified atom stereocenters. The SMILES string of the molecule is Cc1ccccc1C1(CN=C(N)N(C)C2CC2)CCCCC1.I. The van der Waals surface area contributed by atoms with Crippen molar-refractivity contribution < 1.29 is 0 Å². The quantitative estimate of drug-likeness (QED) is 0.444. The topological polar surface area (TPSA) is 41.6 Å². The van der Waals surface area contributed by atoms with Gasteiger partial charge >= 0.3 is 0 Å². The van der Waals surface area contributed by atoms with E-state index in [-0.39, 0.29) is 29.4 Å². The van der Waals surface area contributed by atoms with Crippen molar-refractivity contribution in [1.29, 1.82) is 0 Å². The molecule has 3 nitrogen and oxygen atoms in total. The molecule has 2 aliphatic carbocycles. The number of halogens is 1. The second-order valence-corrected chi connectivity index (χ2v) is 7.17. The molecule has 23 heavy (non-hydrogen) atoms. The molecule has 0 spiro atoms. The Morgan fingerprint density at radius 2 is 1.87 bits per heavy atom. The number of nitrogens with two attached hydrogens (primary N) is 1. The fraction of sp³-hybridized carbons (Fsp3) is 0.632. The van der Waals surface area contributed by atoms with Crippen LogP contribution in [-0.2, 0) is 5.41 Å². The lowest BCUT2D eigenvalue weighted by atomic mass is 9.68. The number of aryl methyl sites for hydroxylation is 1. The van der Waals surface area contributed by atoms with Gasteiger partial charge in [0.25, 0.3) is 0 Å². The molecule has 0 atom stereocenters. The van der Waals surface area contributed by atoms with E-state index in [2.05, 4.69) is 43.1 Å². The normalized spacial score (nSPS) is 20.7. The van der Waals surface area contributed by atoms with Gasteiger partial charge in [-0.2, -0.15) is 0 Å². The third kappa shape index (κ3) is 4.20. The molecule has 0 bridgehead atoms. The molecule has 0 aromatic heterocycles. The number of guanidine groups is 1. The predicted octanol–water partition coefficient (Wildman–Crippen LogP) is 4.22. The average Bonchev–Trinajstić information content (AvgIpc) is 3.38. The van der Waals surface area contributed by atoms with Gasteiger partial charge in [-0.05, 0) is 43.7 Å². The van der Waals surface area contributed by atoms with Crippen molar-refractivity contribution >= 4 is 29.9 Å². The van der Waals surface area contributed by atoms with Crippen LogP contribution in [0.5, 0.6) is 0 Å². The van der Waals surface area contributed by atoms with E-state index in [0.29, 0.717) is 6.04 Å². The predicted molar refractivity (Wildman–Crippen MR) is 109 cm³/mol. The Bertz CT molecular complexity index is 545. The third-order valence-corrected chi connectivity index (χ3v) is 5.53. The maximum absolute atomic E-state index is 6.23. The largest absolute Gasteiger partial charge is 0.370 e. The summed E-state index contributed by atoms with van der Waals surface area (Å²) in [5.41, 5.74) is 9.30. The molecule has 0 amide bonds. The Morgan fingerprint density at radius 1 is 1.22 bits per heavy atom. The summed E-state index contributed by atoms with van der Waals surface area (Å²) in [6.45, 7) is 3.07. The molecule has 3 rings (SSSR count). The van der Waals surface area contributed by atoms with E-state index in [0.717, 1.165) is 12.5 Å². The lowest BCUT2D eigenvalue weighted by Crippen LogP contribution is -2.39.